The Labute approximate surface area is 198 Å². The second-order valence-electron chi connectivity index (χ2n) is 7.16. The molecule has 2 aromatic carbocycles. The van der Waals surface area contributed by atoms with Gasteiger partial charge in [0.2, 0.25) is 0 Å². The molecule has 164 valence electrons. The third kappa shape index (κ3) is 7.86. The van der Waals surface area contributed by atoms with Crippen LogP contribution in [0.2, 0.25) is 0 Å². The minimum Gasteiger partial charge on any atom is -0.371 e. The van der Waals surface area contributed by atoms with Crippen LogP contribution in [0.5, 0.6) is 0 Å². The molecule has 1 saturated heterocycles. The summed E-state index contributed by atoms with van der Waals surface area (Å²) in [5, 5.41) is 6.72. The summed E-state index contributed by atoms with van der Waals surface area (Å²) in [7, 11) is 0.842. The number of nitrogens with zero attached hydrogens (tertiary/aromatic N) is 2. The van der Waals surface area contributed by atoms with Crippen LogP contribution in [0.1, 0.15) is 18.4 Å². The molecule has 0 spiro atoms. The highest BCUT2D eigenvalue weighted by atomic mass is 127. The molecule has 30 heavy (non-hydrogen) atoms. The van der Waals surface area contributed by atoms with Crippen molar-refractivity contribution in [3.63, 3.8) is 0 Å². The molecule has 0 aromatic heterocycles. The number of hydrogen-bond acceptors (Lipinski definition) is 3. The fraction of sp³-hybridized carbons (Fsp3) is 0.409. The van der Waals surface area contributed by atoms with Gasteiger partial charge in [0.15, 0.2) is 5.96 Å². The second kappa shape index (κ2) is 12.9. The van der Waals surface area contributed by atoms with Crippen molar-refractivity contribution in [2.45, 2.75) is 24.6 Å². The maximum atomic E-state index is 13.4. The van der Waals surface area contributed by atoms with Gasteiger partial charge in [-0.3, -0.25) is 9.20 Å². The van der Waals surface area contributed by atoms with E-state index in [2.05, 4.69) is 20.5 Å². The Morgan fingerprint density at radius 2 is 1.90 bits per heavy atom. The monoisotopic (exact) mass is 544 g/mol. The van der Waals surface area contributed by atoms with Gasteiger partial charge < -0.3 is 15.5 Å². The van der Waals surface area contributed by atoms with E-state index in [0.717, 1.165) is 43.1 Å². The van der Waals surface area contributed by atoms with Gasteiger partial charge in [0.05, 0.1) is 0 Å². The van der Waals surface area contributed by atoms with Gasteiger partial charge in [0, 0.05) is 60.7 Å². The molecule has 8 heteroatoms. The predicted octanol–water partition coefficient (Wildman–Crippen LogP) is 3.53. The van der Waals surface area contributed by atoms with E-state index in [1.165, 1.54) is 6.07 Å². The van der Waals surface area contributed by atoms with Crippen LogP contribution >= 0.6 is 24.0 Å². The van der Waals surface area contributed by atoms with E-state index in [1.807, 2.05) is 36.4 Å². The molecule has 3 rings (SSSR count). The molecule has 2 N–H and O–H groups in total. The Kier molecular flexibility index (Phi) is 10.6. The van der Waals surface area contributed by atoms with Crippen molar-refractivity contribution < 1.29 is 8.60 Å². The Hall–Kier alpha value is -1.68. The number of benzene rings is 2. The lowest BCUT2D eigenvalue weighted by Gasteiger charge is -2.34. The van der Waals surface area contributed by atoms with Gasteiger partial charge in [-0.15, -0.1) is 24.0 Å². The van der Waals surface area contributed by atoms with Crippen molar-refractivity contribution in [2.75, 3.05) is 37.3 Å². The summed E-state index contributed by atoms with van der Waals surface area (Å²) in [6.45, 7) is 2.36. The van der Waals surface area contributed by atoms with Gasteiger partial charge in [0.1, 0.15) is 5.82 Å². The first-order valence-corrected chi connectivity index (χ1v) is 11.5. The number of hydrogen-bond donors (Lipinski definition) is 2. The highest BCUT2D eigenvalue weighted by molar-refractivity contribution is 14.0. The average molecular weight is 544 g/mol. The highest BCUT2D eigenvalue weighted by Crippen LogP contribution is 2.20. The Morgan fingerprint density at radius 1 is 1.17 bits per heavy atom. The predicted molar refractivity (Wildman–Crippen MR) is 135 cm³/mol. The van der Waals surface area contributed by atoms with Crippen LogP contribution in [0.3, 0.4) is 0 Å². The van der Waals surface area contributed by atoms with Gasteiger partial charge in [-0.2, -0.15) is 0 Å². The van der Waals surface area contributed by atoms with Crippen LogP contribution in [0, 0.1) is 5.82 Å². The van der Waals surface area contributed by atoms with Gasteiger partial charge in [-0.25, -0.2) is 4.39 Å². The molecule has 1 atom stereocenters. The van der Waals surface area contributed by atoms with Crippen molar-refractivity contribution in [3.8, 4) is 0 Å². The largest absolute Gasteiger partial charge is 0.371 e. The summed E-state index contributed by atoms with van der Waals surface area (Å²) in [6, 6.07) is 17.0. The Bertz CT molecular complexity index is 829. The lowest BCUT2D eigenvalue weighted by molar-refractivity contribution is 0.461. The number of halogens is 2. The lowest BCUT2D eigenvalue weighted by Crippen LogP contribution is -2.49. The first-order chi connectivity index (χ1) is 14.1. The van der Waals surface area contributed by atoms with Crippen LogP contribution in [-0.4, -0.2) is 48.6 Å². The van der Waals surface area contributed by atoms with Gasteiger partial charge in [0.25, 0.3) is 0 Å². The molecule has 0 amide bonds. The van der Waals surface area contributed by atoms with E-state index < -0.39 is 10.8 Å². The smallest absolute Gasteiger partial charge is 0.191 e. The van der Waals surface area contributed by atoms with Crippen molar-refractivity contribution in [1.82, 2.24) is 10.6 Å². The molecule has 2 aromatic rings. The summed E-state index contributed by atoms with van der Waals surface area (Å²) in [5.41, 5.74) is 2.03. The van der Waals surface area contributed by atoms with Crippen molar-refractivity contribution in [3.05, 3.63) is 66.0 Å². The molecule has 0 aliphatic carbocycles. The minimum absolute atomic E-state index is 0. The molecular formula is C22H30FIN4OS. The molecule has 0 bridgehead atoms. The van der Waals surface area contributed by atoms with Crippen molar-refractivity contribution >= 4 is 46.4 Å². The fourth-order valence-electron chi connectivity index (χ4n) is 3.46. The fourth-order valence-corrected chi connectivity index (χ4v) is 4.50. The molecular weight excluding hydrogens is 514 g/mol. The third-order valence-electron chi connectivity index (χ3n) is 5.03. The quantitative estimate of drug-likeness (QED) is 0.318. The third-order valence-corrected chi connectivity index (χ3v) is 6.34. The van der Waals surface area contributed by atoms with Crippen LogP contribution in [-0.2, 0) is 16.6 Å². The summed E-state index contributed by atoms with van der Waals surface area (Å²) < 4.78 is 25.7. The van der Waals surface area contributed by atoms with Crippen LogP contribution in [0.25, 0.3) is 0 Å². The summed E-state index contributed by atoms with van der Waals surface area (Å²) in [4.78, 5) is 6.50. The van der Waals surface area contributed by atoms with E-state index in [1.54, 1.807) is 19.2 Å². The zero-order chi connectivity index (χ0) is 20.5. The number of rotatable bonds is 7. The second-order valence-corrected chi connectivity index (χ2v) is 8.73. The molecule has 1 heterocycles. The Morgan fingerprint density at radius 3 is 2.57 bits per heavy atom. The van der Waals surface area contributed by atoms with E-state index in [9.17, 15) is 8.60 Å². The zero-order valence-corrected chi connectivity index (χ0v) is 20.4. The van der Waals surface area contributed by atoms with Gasteiger partial charge in [-0.05, 0) is 36.6 Å². The summed E-state index contributed by atoms with van der Waals surface area (Å²) in [6.07, 6.45) is 1.91. The molecule has 1 unspecified atom stereocenters. The molecule has 0 saturated carbocycles. The topological polar surface area (TPSA) is 56.7 Å². The molecule has 0 radical (unpaired) electrons. The SMILES string of the molecule is CN=C(NCCS(=O)Cc1ccccc1)NC1CCN(c2cccc(F)c2)CC1.I. The number of guanidine groups is 1. The van der Waals surface area contributed by atoms with E-state index in [4.69, 9.17) is 0 Å². The first kappa shape index (κ1) is 24.6. The Balaban J connectivity index is 0.00000320. The van der Waals surface area contributed by atoms with Crippen LogP contribution < -0.4 is 15.5 Å². The van der Waals surface area contributed by atoms with E-state index >= 15 is 0 Å². The number of aliphatic imine (C=N–C) groups is 1. The summed E-state index contributed by atoms with van der Waals surface area (Å²) >= 11 is 0. The van der Waals surface area contributed by atoms with E-state index in [-0.39, 0.29) is 29.8 Å². The maximum absolute atomic E-state index is 13.4. The highest BCUT2D eigenvalue weighted by Gasteiger charge is 2.20. The zero-order valence-electron chi connectivity index (χ0n) is 17.2. The van der Waals surface area contributed by atoms with Crippen LogP contribution in [0.15, 0.2) is 59.6 Å². The number of piperidine rings is 1. The van der Waals surface area contributed by atoms with Gasteiger partial charge in [-0.1, -0.05) is 36.4 Å². The van der Waals surface area contributed by atoms with Crippen LogP contribution in [0.4, 0.5) is 10.1 Å². The molecule has 1 fully saturated rings. The maximum Gasteiger partial charge on any atom is 0.191 e. The number of nitrogens with one attached hydrogen (secondary N) is 2. The molecule has 5 nitrogen and oxygen atoms in total. The van der Waals surface area contributed by atoms with Gasteiger partial charge >= 0.3 is 0 Å². The number of anilines is 1. The lowest BCUT2D eigenvalue weighted by atomic mass is 10.0. The van der Waals surface area contributed by atoms with Crippen molar-refractivity contribution in [1.29, 1.82) is 0 Å². The molecule has 1 aliphatic rings. The minimum atomic E-state index is -0.907. The standard InChI is InChI=1S/C22H29FN4OS.HI/c1-24-22(25-12-15-29(28)17-18-6-3-2-4-7-18)26-20-10-13-27(14-11-20)21-9-5-8-19(23)16-21;/h2-9,16,20H,10-15,17H2,1H3,(H2,24,25,26);1H. The van der Waals surface area contributed by atoms with E-state index in [0.29, 0.717) is 24.1 Å². The van der Waals surface area contributed by atoms with Crippen molar-refractivity contribution in [2.24, 2.45) is 4.99 Å². The molecule has 1 aliphatic heterocycles. The first-order valence-electron chi connectivity index (χ1n) is 10.0. The summed E-state index contributed by atoms with van der Waals surface area (Å²) in [5.74, 6) is 1.70. The average Bonchev–Trinajstić information content (AvgIpc) is 2.74. The normalized spacial score (nSPS) is 15.9.